The monoisotopic (exact) mass is 505 g/mol. The summed E-state index contributed by atoms with van der Waals surface area (Å²) in [5.74, 6) is -0.262. The van der Waals surface area contributed by atoms with Crippen LogP contribution in [0.15, 0.2) is 72.8 Å². The number of thiophene rings is 1. The SMILES string of the molecule is CCCCC(=O)N(O)c1cccc(-c2ccc(C3=Cc4ccc5c(c4CC3)CCc3ccccc3-5)s2)c1. The molecule has 186 valence electrons. The second-order valence-corrected chi connectivity index (χ2v) is 11.1. The molecule has 1 aromatic heterocycles. The Bertz CT molecular complexity index is 1510. The molecule has 0 saturated heterocycles. The molecule has 3 aromatic carbocycles. The maximum absolute atomic E-state index is 12.3. The van der Waals surface area contributed by atoms with Gasteiger partial charge in [-0.05, 0) is 101 Å². The first-order valence-corrected chi connectivity index (χ1v) is 14.1. The average Bonchev–Trinajstić information content (AvgIpc) is 3.45. The molecule has 0 spiro atoms. The van der Waals surface area contributed by atoms with Crippen LogP contribution in [-0.2, 0) is 24.1 Å². The van der Waals surface area contributed by atoms with Gasteiger partial charge in [-0.25, -0.2) is 0 Å². The van der Waals surface area contributed by atoms with Gasteiger partial charge in [-0.3, -0.25) is 10.0 Å². The molecular formula is C33H31NO2S. The van der Waals surface area contributed by atoms with Crippen LogP contribution in [-0.4, -0.2) is 11.1 Å². The highest BCUT2D eigenvalue weighted by atomic mass is 32.1. The van der Waals surface area contributed by atoms with Gasteiger partial charge in [0.05, 0.1) is 5.69 Å². The Morgan fingerprint density at radius 2 is 1.70 bits per heavy atom. The third-order valence-electron chi connectivity index (χ3n) is 7.67. The molecule has 0 aliphatic heterocycles. The number of rotatable bonds is 6. The number of allylic oxidation sites excluding steroid dienone is 1. The summed E-state index contributed by atoms with van der Waals surface area (Å²) < 4.78 is 0. The van der Waals surface area contributed by atoms with Crippen LogP contribution in [0.5, 0.6) is 0 Å². The van der Waals surface area contributed by atoms with Crippen molar-refractivity contribution in [1.82, 2.24) is 0 Å². The Morgan fingerprint density at radius 3 is 2.59 bits per heavy atom. The van der Waals surface area contributed by atoms with E-state index in [1.165, 1.54) is 43.8 Å². The van der Waals surface area contributed by atoms with Crippen LogP contribution in [0, 0.1) is 0 Å². The number of carbonyl (C=O) groups excluding carboxylic acids is 1. The number of benzene rings is 3. The molecule has 37 heavy (non-hydrogen) atoms. The highest BCUT2D eigenvalue weighted by Crippen LogP contribution is 2.42. The smallest absolute Gasteiger partial charge is 0.250 e. The summed E-state index contributed by atoms with van der Waals surface area (Å²) in [6.07, 6.45) is 8.81. The van der Waals surface area contributed by atoms with Crippen LogP contribution in [0.1, 0.15) is 59.7 Å². The lowest BCUT2D eigenvalue weighted by atomic mass is 9.78. The molecule has 0 unspecified atom stereocenters. The lowest BCUT2D eigenvalue weighted by Gasteiger charge is -2.26. The van der Waals surface area contributed by atoms with Gasteiger partial charge in [0.2, 0.25) is 0 Å². The van der Waals surface area contributed by atoms with Crippen molar-refractivity contribution in [2.24, 2.45) is 0 Å². The molecule has 1 heterocycles. The second kappa shape index (κ2) is 10.1. The summed E-state index contributed by atoms with van der Waals surface area (Å²) in [6, 6.07) is 25.4. The molecule has 2 aliphatic rings. The molecule has 0 saturated carbocycles. The zero-order valence-corrected chi connectivity index (χ0v) is 22.0. The largest absolute Gasteiger partial charge is 0.281 e. The minimum absolute atomic E-state index is 0.262. The normalized spacial score (nSPS) is 13.8. The van der Waals surface area contributed by atoms with Crippen molar-refractivity contribution in [2.45, 2.75) is 51.9 Å². The van der Waals surface area contributed by atoms with Gasteiger partial charge in [-0.1, -0.05) is 68.0 Å². The summed E-state index contributed by atoms with van der Waals surface area (Å²) >= 11 is 1.78. The number of hydrogen-bond donors (Lipinski definition) is 1. The van der Waals surface area contributed by atoms with Crippen LogP contribution in [0.2, 0.25) is 0 Å². The summed E-state index contributed by atoms with van der Waals surface area (Å²) in [5, 5.41) is 11.2. The Kier molecular flexibility index (Phi) is 6.54. The summed E-state index contributed by atoms with van der Waals surface area (Å²) in [4.78, 5) is 14.7. The molecular weight excluding hydrogens is 474 g/mol. The summed E-state index contributed by atoms with van der Waals surface area (Å²) in [5.41, 5.74) is 11.6. The van der Waals surface area contributed by atoms with Gasteiger partial charge in [0.15, 0.2) is 0 Å². The molecule has 0 fully saturated rings. The number of amides is 1. The quantitative estimate of drug-likeness (QED) is 0.211. The Balaban J connectivity index is 1.26. The van der Waals surface area contributed by atoms with Crippen molar-refractivity contribution >= 4 is 34.6 Å². The van der Waals surface area contributed by atoms with Gasteiger partial charge in [0.1, 0.15) is 0 Å². The molecule has 4 heteroatoms. The molecule has 0 atom stereocenters. The Hall–Kier alpha value is -3.47. The molecule has 0 radical (unpaired) electrons. The van der Waals surface area contributed by atoms with Crippen LogP contribution in [0.25, 0.3) is 33.2 Å². The predicted octanol–water partition coefficient (Wildman–Crippen LogP) is 8.58. The highest BCUT2D eigenvalue weighted by Gasteiger charge is 2.23. The van der Waals surface area contributed by atoms with Crippen molar-refractivity contribution in [3.8, 4) is 21.6 Å². The minimum atomic E-state index is -0.262. The fraction of sp³-hybridized carbons (Fsp3) is 0.242. The van der Waals surface area contributed by atoms with Crippen LogP contribution >= 0.6 is 11.3 Å². The fourth-order valence-electron chi connectivity index (χ4n) is 5.69. The van der Waals surface area contributed by atoms with Crippen LogP contribution < -0.4 is 5.06 Å². The van der Waals surface area contributed by atoms with Crippen LogP contribution in [0.4, 0.5) is 5.69 Å². The topological polar surface area (TPSA) is 40.5 Å². The zero-order valence-electron chi connectivity index (χ0n) is 21.2. The van der Waals surface area contributed by atoms with Gasteiger partial charge in [0.25, 0.3) is 5.91 Å². The predicted molar refractivity (Wildman–Crippen MR) is 154 cm³/mol. The van der Waals surface area contributed by atoms with Crippen molar-refractivity contribution in [2.75, 3.05) is 5.06 Å². The maximum atomic E-state index is 12.3. The number of carbonyl (C=O) groups is 1. The number of hydroxylamine groups is 1. The summed E-state index contributed by atoms with van der Waals surface area (Å²) in [7, 11) is 0. The lowest BCUT2D eigenvalue weighted by molar-refractivity contribution is -0.123. The van der Waals surface area contributed by atoms with E-state index in [1.54, 1.807) is 17.4 Å². The van der Waals surface area contributed by atoms with E-state index in [0.29, 0.717) is 12.1 Å². The Labute approximate surface area is 222 Å². The number of hydrogen-bond acceptors (Lipinski definition) is 3. The number of anilines is 1. The third kappa shape index (κ3) is 4.56. The van der Waals surface area contributed by atoms with Crippen LogP contribution in [0.3, 0.4) is 0 Å². The number of fused-ring (bicyclic) bond motifs is 5. The van der Waals surface area contributed by atoms with E-state index >= 15 is 0 Å². The minimum Gasteiger partial charge on any atom is -0.281 e. The van der Waals surface area contributed by atoms with Gasteiger partial charge < -0.3 is 0 Å². The highest BCUT2D eigenvalue weighted by molar-refractivity contribution is 7.16. The van der Waals surface area contributed by atoms with Gasteiger partial charge in [0, 0.05) is 16.2 Å². The number of aryl methyl sites for hydroxylation is 1. The third-order valence-corrected chi connectivity index (χ3v) is 8.88. The number of unbranched alkanes of at least 4 members (excludes halogenated alkanes) is 1. The first-order chi connectivity index (χ1) is 18.1. The maximum Gasteiger partial charge on any atom is 0.250 e. The van der Waals surface area contributed by atoms with E-state index in [4.69, 9.17) is 0 Å². The van der Waals surface area contributed by atoms with Crippen molar-refractivity contribution in [3.05, 3.63) is 99.9 Å². The van der Waals surface area contributed by atoms with Gasteiger partial charge in [-0.2, -0.15) is 5.06 Å². The number of nitrogens with zero attached hydrogens (tertiary/aromatic N) is 1. The first kappa shape index (κ1) is 23.9. The van der Waals surface area contributed by atoms with Gasteiger partial charge in [-0.15, -0.1) is 11.3 Å². The molecule has 4 aromatic rings. The summed E-state index contributed by atoms with van der Waals surface area (Å²) in [6.45, 7) is 2.04. The van der Waals surface area contributed by atoms with E-state index < -0.39 is 0 Å². The van der Waals surface area contributed by atoms with E-state index in [1.807, 2.05) is 25.1 Å². The van der Waals surface area contributed by atoms with E-state index in [-0.39, 0.29) is 5.91 Å². The standard InChI is InChI=1S/C33H31NO2S/c1-2-3-11-33(35)34(36)26-9-6-8-24(21-26)31-18-19-32(37-31)25-14-15-28-23(20-25)13-17-29-27-10-5-4-7-22(27)12-16-30(28)29/h4-10,13,17-21,36H,2-3,11-12,14-16H2,1H3. The average molecular weight is 506 g/mol. The van der Waals surface area contributed by atoms with E-state index in [9.17, 15) is 10.0 Å². The molecule has 1 N–H and O–H groups in total. The lowest BCUT2D eigenvalue weighted by Crippen LogP contribution is -2.26. The van der Waals surface area contributed by atoms with Crippen molar-refractivity contribution < 1.29 is 10.0 Å². The van der Waals surface area contributed by atoms with E-state index in [0.717, 1.165) is 54.0 Å². The van der Waals surface area contributed by atoms with Crippen molar-refractivity contribution in [3.63, 3.8) is 0 Å². The Morgan fingerprint density at radius 1 is 0.865 bits per heavy atom. The molecule has 1 amide bonds. The van der Waals surface area contributed by atoms with Gasteiger partial charge >= 0.3 is 0 Å². The first-order valence-electron chi connectivity index (χ1n) is 13.3. The molecule has 6 rings (SSSR count). The molecule has 0 bridgehead atoms. The molecule has 2 aliphatic carbocycles. The van der Waals surface area contributed by atoms with E-state index in [2.05, 4.69) is 54.6 Å². The second-order valence-electron chi connectivity index (χ2n) is 10.0. The fourth-order valence-corrected chi connectivity index (χ4v) is 6.73. The molecule has 3 nitrogen and oxygen atoms in total. The zero-order chi connectivity index (χ0) is 25.4. The van der Waals surface area contributed by atoms with Crippen molar-refractivity contribution in [1.29, 1.82) is 0 Å².